The molecule has 0 amide bonds. The summed E-state index contributed by atoms with van der Waals surface area (Å²) in [5.41, 5.74) is -0.476. The minimum Gasteiger partial charge on any atom is -0.347 e. The van der Waals surface area contributed by atoms with Crippen molar-refractivity contribution in [3.05, 3.63) is 37.9 Å². The normalized spacial score (nSPS) is 26.9. The van der Waals surface area contributed by atoms with Gasteiger partial charge in [0.05, 0.1) is 33.5 Å². The highest BCUT2D eigenvalue weighted by molar-refractivity contribution is 8.00. The summed E-state index contributed by atoms with van der Waals surface area (Å²) in [4.78, 5) is 28.2. The maximum Gasteiger partial charge on any atom is 0.290 e. The molecule has 0 aromatic heterocycles. The van der Waals surface area contributed by atoms with Gasteiger partial charge in [-0.2, -0.15) is 0 Å². The van der Waals surface area contributed by atoms with Crippen LogP contribution in [0.15, 0.2) is 22.0 Å². The molecule has 1 spiro atoms. The van der Waals surface area contributed by atoms with Gasteiger partial charge in [-0.1, -0.05) is 11.8 Å². The molecule has 144 valence electrons. The first kappa shape index (κ1) is 18.3. The van der Waals surface area contributed by atoms with Crippen LogP contribution in [0.5, 0.6) is 0 Å². The van der Waals surface area contributed by atoms with Crippen LogP contribution in [0.25, 0.3) is 0 Å². The summed E-state index contributed by atoms with van der Waals surface area (Å²) < 4.78 is 11.7. The zero-order valence-corrected chi connectivity index (χ0v) is 15.4. The molecule has 10 nitrogen and oxygen atoms in total. The Balaban J connectivity index is 1.53. The Bertz CT molecular complexity index is 823. The number of aliphatic imine (C=N–C) groups is 1. The van der Waals surface area contributed by atoms with Gasteiger partial charge in [0.25, 0.3) is 11.4 Å². The fourth-order valence-electron chi connectivity index (χ4n) is 3.59. The van der Waals surface area contributed by atoms with E-state index in [-0.39, 0.29) is 23.0 Å². The van der Waals surface area contributed by atoms with E-state index in [2.05, 4.69) is 9.89 Å². The van der Waals surface area contributed by atoms with Gasteiger partial charge in [0, 0.05) is 43.8 Å². The first-order valence-corrected chi connectivity index (χ1v) is 9.47. The van der Waals surface area contributed by atoms with Gasteiger partial charge in [-0.3, -0.25) is 30.1 Å². The molecule has 0 N–H and O–H groups in total. The van der Waals surface area contributed by atoms with E-state index in [9.17, 15) is 20.2 Å². The lowest BCUT2D eigenvalue weighted by molar-refractivity contribution is -0.396. The molecular formula is C16H18N4O6S. The third-order valence-electron chi connectivity index (χ3n) is 4.92. The average Bonchev–Trinajstić information content (AvgIpc) is 3.01. The number of thioether (sulfide) groups is 1. The predicted octanol–water partition coefficient (Wildman–Crippen LogP) is 2.54. The lowest BCUT2D eigenvalue weighted by atomic mass is 10.0. The van der Waals surface area contributed by atoms with Crippen molar-refractivity contribution in [1.82, 2.24) is 4.90 Å². The van der Waals surface area contributed by atoms with Crippen LogP contribution < -0.4 is 0 Å². The molecule has 2 fully saturated rings. The molecule has 0 radical (unpaired) electrons. The van der Waals surface area contributed by atoms with Crippen LogP contribution in [-0.2, 0) is 9.47 Å². The third-order valence-corrected chi connectivity index (χ3v) is 6.24. The monoisotopic (exact) mass is 394 g/mol. The van der Waals surface area contributed by atoms with Crippen molar-refractivity contribution < 1.29 is 19.3 Å². The quantitative estimate of drug-likeness (QED) is 0.566. The number of hydrogen-bond donors (Lipinski definition) is 0. The van der Waals surface area contributed by atoms with Gasteiger partial charge in [0.15, 0.2) is 11.3 Å². The molecule has 3 aliphatic heterocycles. The smallest absolute Gasteiger partial charge is 0.290 e. The van der Waals surface area contributed by atoms with Crippen molar-refractivity contribution in [2.24, 2.45) is 4.99 Å². The van der Waals surface area contributed by atoms with E-state index in [1.54, 1.807) is 0 Å². The summed E-state index contributed by atoms with van der Waals surface area (Å²) in [6.07, 6.45) is 2.99. The van der Waals surface area contributed by atoms with Crippen molar-refractivity contribution >= 4 is 29.4 Å². The van der Waals surface area contributed by atoms with E-state index >= 15 is 0 Å². The highest BCUT2D eigenvalue weighted by atomic mass is 32.2. The lowest BCUT2D eigenvalue weighted by Gasteiger charge is -2.40. The molecule has 2 saturated heterocycles. The molecule has 0 aliphatic carbocycles. The average molecular weight is 394 g/mol. The molecule has 3 heterocycles. The maximum atomic E-state index is 11.4. The standard InChI is InChI=1S/C16H18N4O6S/c1-10-9-25-16(26-10)2-4-18(5-3-16)15-17-8-11-6-12(19(21)22)7-13(20(23)24)14(11)27-15/h6-8,10,15H,2-5,9H2,1H3. The van der Waals surface area contributed by atoms with Crippen LogP contribution in [0.4, 0.5) is 11.4 Å². The third kappa shape index (κ3) is 3.43. The molecular weight excluding hydrogens is 376 g/mol. The van der Waals surface area contributed by atoms with E-state index in [0.717, 1.165) is 6.07 Å². The summed E-state index contributed by atoms with van der Waals surface area (Å²) in [6.45, 7) is 3.96. The minimum atomic E-state index is -0.634. The highest BCUT2D eigenvalue weighted by Gasteiger charge is 2.44. The Morgan fingerprint density at radius 3 is 2.59 bits per heavy atom. The molecule has 0 bridgehead atoms. The summed E-state index contributed by atoms with van der Waals surface area (Å²) in [7, 11) is 0. The molecule has 0 saturated carbocycles. The summed E-state index contributed by atoms with van der Waals surface area (Å²) in [5, 5.41) is 22.4. The van der Waals surface area contributed by atoms with Gasteiger partial charge in [-0.15, -0.1) is 0 Å². The number of nitro benzene ring substituents is 2. The van der Waals surface area contributed by atoms with Crippen LogP contribution in [0, 0.1) is 20.2 Å². The fourth-order valence-corrected chi connectivity index (χ4v) is 4.78. The Labute approximate surface area is 158 Å². The molecule has 2 atom stereocenters. The molecule has 3 aliphatic rings. The number of nitro groups is 2. The maximum absolute atomic E-state index is 11.4. The number of piperidine rings is 1. The van der Waals surface area contributed by atoms with E-state index in [4.69, 9.17) is 9.47 Å². The van der Waals surface area contributed by atoms with Gasteiger partial charge in [0.2, 0.25) is 0 Å². The fraction of sp³-hybridized carbons (Fsp3) is 0.562. The molecule has 1 aromatic carbocycles. The highest BCUT2D eigenvalue weighted by Crippen LogP contribution is 2.43. The SMILES string of the molecule is CC1COC2(CCN(C3N=Cc4cc([N+](=O)[O-])cc([N+](=O)[O-])c4S3)CC2)O1. The molecule has 2 unspecified atom stereocenters. The van der Waals surface area contributed by atoms with Gasteiger partial charge < -0.3 is 9.47 Å². The zero-order valence-electron chi connectivity index (χ0n) is 14.6. The summed E-state index contributed by atoms with van der Waals surface area (Å²) >= 11 is 1.25. The number of rotatable bonds is 3. The second kappa shape index (κ2) is 6.82. The van der Waals surface area contributed by atoms with Gasteiger partial charge in [-0.25, -0.2) is 0 Å². The number of ether oxygens (including phenoxy) is 2. The number of nitrogens with zero attached hydrogens (tertiary/aromatic N) is 4. The van der Waals surface area contributed by atoms with Crippen molar-refractivity contribution in [2.45, 2.75) is 42.0 Å². The van der Waals surface area contributed by atoms with Crippen molar-refractivity contribution in [2.75, 3.05) is 19.7 Å². The topological polar surface area (TPSA) is 120 Å². The van der Waals surface area contributed by atoms with Gasteiger partial charge in [-0.05, 0) is 6.92 Å². The Kier molecular flexibility index (Phi) is 4.62. The number of hydrogen-bond acceptors (Lipinski definition) is 9. The first-order valence-electron chi connectivity index (χ1n) is 8.59. The van der Waals surface area contributed by atoms with Crippen molar-refractivity contribution in [3.63, 3.8) is 0 Å². The number of non-ortho nitro benzene ring substituents is 1. The van der Waals surface area contributed by atoms with Crippen molar-refractivity contribution in [1.29, 1.82) is 0 Å². The minimum absolute atomic E-state index is 0.0870. The Morgan fingerprint density at radius 2 is 2.00 bits per heavy atom. The predicted molar refractivity (Wildman–Crippen MR) is 97.0 cm³/mol. The van der Waals surface area contributed by atoms with Gasteiger partial charge in [0.1, 0.15) is 0 Å². The summed E-state index contributed by atoms with van der Waals surface area (Å²) in [5.74, 6) is -0.524. The van der Waals surface area contributed by atoms with Gasteiger partial charge >= 0.3 is 0 Å². The second-order valence-corrected chi connectivity index (χ2v) is 7.87. The lowest BCUT2D eigenvalue weighted by Crippen LogP contribution is -2.48. The van der Waals surface area contributed by atoms with E-state index < -0.39 is 15.6 Å². The largest absolute Gasteiger partial charge is 0.347 e. The Hall–Kier alpha value is -2.08. The number of likely N-dealkylation sites (tertiary alicyclic amines) is 1. The van der Waals surface area contributed by atoms with E-state index in [1.807, 2.05) is 6.92 Å². The molecule has 11 heteroatoms. The first-order chi connectivity index (χ1) is 12.9. The summed E-state index contributed by atoms with van der Waals surface area (Å²) in [6, 6.07) is 2.33. The van der Waals surface area contributed by atoms with Crippen LogP contribution in [0.3, 0.4) is 0 Å². The zero-order chi connectivity index (χ0) is 19.2. The second-order valence-electron chi connectivity index (χ2n) is 6.81. The Morgan fingerprint density at radius 1 is 1.26 bits per heavy atom. The van der Waals surface area contributed by atoms with E-state index in [1.165, 1.54) is 24.0 Å². The van der Waals surface area contributed by atoms with Crippen LogP contribution in [-0.4, -0.2) is 58.0 Å². The van der Waals surface area contributed by atoms with E-state index in [0.29, 0.717) is 43.0 Å². The van der Waals surface area contributed by atoms with Crippen LogP contribution >= 0.6 is 11.8 Å². The number of fused-ring (bicyclic) bond motifs is 1. The number of benzene rings is 1. The molecule has 4 rings (SSSR count). The molecule has 27 heavy (non-hydrogen) atoms. The van der Waals surface area contributed by atoms with Crippen LogP contribution in [0.2, 0.25) is 0 Å². The molecule has 1 aromatic rings. The van der Waals surface area contributed by atoms with Crippen molar-refractivity contribution in [3.8, 4) is 0 Å². The van der Waals surface area contributed by atoms with Crippen LogP contribution in [0.1, 0.15) is 25.3 Å².